The molecule has 1 aliphatic heterocycles. The molecule has 0 radical (unpaired) electrons. The summed E-state index contributed by atoms with van der Waals surface area (Å²) >= 11 is 0. The van der Waals surface area contributed by atoms with Gasteiger partial charge in [0.05, 0.1) is 25.9 Å². The Kier molecular flexibility index (Phi) is 4.10. The summed E-state index contributed by atoms with van der Waals surface area (Å²) in [5.41, 5.74) is 7.13. The highest BCUT2D eigenvalue weighted by Gasteiger charge is 2.30. The molecule has 0 bridgehead atoms. The molecule has 4 heteroatoms. The molecule has 4 nitrogen and oxygen atoms in total. The minimum absolute atomic E-state index is 0.0550. The number of hydrogen-bond acceptors (Lipinski definition) is 4. The summed E-state index contributed by atoms with van der Waals surface area (Å²) in [6, 6.07) is 12.9. The molecule has 2 unspecified atom stereocenters. The quantitative estimate of drug-likeness (QED) is 0.939. The van der Waals surface area contributed by atoms with E-state index in [1.165, 1.54) is 16.3 Å². The van der Waals surface area contributed by atoms with Crippen LogP contribution in [0.3, 0.4) is 0 Å². The molecule has 1 saturated heterocycles. The van der Waals surface area contributed by atoms with Crippen LogP contribution in [0.2, 0.25) is 0 Å². The van der Waals surface area contributed by atoms with Crippen LogP contribution in [0, 0.1) is 0 Å². The van der Waals surface area contributed by atoms with Gasteiger partial charge in [-0.2, -0.15) is 0 Å². The summed E-state index contributed by atoms with van der Waals surface area (Å²) in [4.78, 5) is 2.33. The number of nitrogens with two attached hydrogens (primary N) is 1. The Labute approximate surface area is 125 Å². The van der Waals surface area contributed by atoms with Gasteiger partial charge < -0.3 is 15.2 Å². The van der Waals surface area contributed by atoms with Gasteiger partial charge in [0.15, 0.2) is 0 Å². The lowest BCUT2D eigenvalue weighted by Crippen LogP contribution is -2.46. The lowest BCUT2D eigenvalue weighted by molar-refractivity contribution is -0.0576. The maximum absolute atomic E-state index is 5.88. The number of rotatable bonds is 3. The predicted octanol–water partition coefficient (Wildman–Crippen LogP) is 2.18. The van der Waals surface area contributed by atoms with Crippen molar-refractivity contribution in [2.24, 2.45) is 5.73 Å². The van der Waals surface area contributed by atoms with Crippen LogP contribution >= 0.6 is 0 Å². The zero-order valence-corrected chi connectivity index (χ0v) is 12.6. The number of methoxy groups -OCH3 is 1. The Hall–Kier alpha value is -1.62. The first-order valence-electron chi connectivity index (χ1n) is 7.32. The second-order valence-corrected chi connectivity index (χ2v) is 5.54. The lowest BCUT2D eigenvalue weighted by atomic mass is 9.96. The van der Waals surface area contributed by atoms with Crippen molar-refractivity contribution in [1.29, 1.82) is 0 Å². The van der Waals surface area contributed by atoms with Gasteiger partial charge in [0.2, 0.25) is 0 Å². The number of hydrogen-bond donors (Lipinski definition) is 1. The molecule has 3 rings (SSSR count). The molecule has 2 aromatic rings. The maximum Gasteiger partial charge on any atom is 0.119 e. The van der Waals surface area contributed by atoms with Crippen LogP contribution in [-0.4, -0.2) is 44.9 Å². The van der Waals surface area contributed by atoms with E-state index in [4.69, 9.17) is 15.2 Å². The van der Waals surface area contributed by atoms with Gasteiger partial charge >= 0.3 is 0 Å². The van der Waals surface area contributed by atoms with Crippen LogP contribution in [0.4, 0.5) is 0 Å². The van der Waals surface area contributed by atoms with Crippen LogP contribution in [0.5, 0.6) is 5.75 Å². The molecule has 0 spiro atoms. The normalized spacial score (nSPS) is 23.4. The third kappa shape index (κ3) is 2.75. The first-order chi connectivity index (χ1) is 10.2. The fraction of sp³-hybridized carbons (Fsp3) is 0.412. The standard InChI is InChI=1S/C17H22N2O2/c1-19-7-8-21-16(11-18)17(19)14-4-3-13-10-15(20-2)6-5-12(13)9-14/h3-6,9-10,16-17H,7-8,11,18H2,1-2H3. The molecule has 1 aliphatic rings. The summed E-state index contributed by atoms with van der Waals surface area (Å²) in [7, 11) is 3.82. The van der Waals surface area contributed by atoms with Crippen molar-refractivity contribution in [3.05, 3.63) is 42.0 Å². The van der Waals surface area contributed by atoms with Gasteiger partial charge in [-0.3, -0.25) is 4.90 Å². The average Bonchev–Trinajstić information content (AvgIpc) is 2.53. The molecular weight excluding hydrogens is 264 g/mol. The molecular formula is C17H22N2O2. The zero-order chi connectivity index (χ0) is 14.8. The molecule has 0 saturated carbocycles. The molecule has 0 aromatic heterocycles. The van der Waals surface area contributed by atoms with E-state index in [-0.39, 0.29) is 12.1 Å². The molecule has 2 atom stereocenters. The molecule has 0 amide bonds. The van der Waals surface area contributed by atoms with E-state index in [2.05, 4.69) is 42.3 Å². The second-order valence-electron chi connectivity index (χ2n) is 5.54. The van der Waals surface area contributed by atoms with Crippen molar-refractivity contribution in [2.45, 2.75) is 12.1 Å². The van der Waals surface area contributed by atoms with Crippen molar-refractivity contribution in [3.63, 3.8) is 0 Å². The molecule has 2 aromatic carbocycles. The van der Waals surface area contributed by atoms with Crippen molar-refractivity contribution in [2.75, 3.05) is 33.9 Å². The Morgan fingerprint density at radius 3 is 2.76 bits per heavy atom. The summed E-state index contributed by atoms with van der Waals surface area (Å²) in [6.45, 7) is 2.22. The molecule has 1 fully saturated rings. The highest BCUT2D eigenvalue weighted by molar-refractivity contribution is 5.84. The topological polar surface area (TPSA) is 47.7 Å². The van der Waals surface area contributed by atoms with Crippen molar-refractivity contribution in [3.8, 4) is 5.75 Å². The lowest BCUT2D eigenvalue weighted by Gasteiger charge is -2.39. The number of fused-ring (bicyclic) bond motifs is 1. The number of nitrogens with zero attached hydrogens (tertiary/aromatic N) is 1. The summed E-state index contributed by atoms with van der Waals surface area (Å²) in [5.74, 6) is 0.883. The fourth-order valence-corrected chi connectivity index (χ4v) is 3.08. The first kappa shape index (κ1) is 14.3. The van der Waals surface area contributed by atoms with Gasteiger partial charge in [-0.1, -0.05) is 18.2 Å². The van der Waals surface area contributed by atoms with Gasteiger partial charge in [0.1, 0.15) is 5.75 Å². The molecule has 0 aliphatic carbocycles. The van der Waals surface area contributed by atoms with Gasteiger partial charge in [-0.15, -0.1) is 0 Å². The van der Waals surface area contributed by atoms with Crippen molar-refractivity contribution < 1.29 is 9.47 Å². The minimum atomic E-state index is 0.0550. The van der Waals surface area contributed by atoms with Crippen LogP contribution in [0.15, 0.2) is 36.4 Å². The summed E-state index contributed by atoms with van der Waals surface area (Å²) < 4.78 is 11.1. The maximum atomic E-state index is 5.88. The number of likely N-dealkylation sites (N-methyl/N-ethyl adjacent to an activating group) is 1. The third-order valence-corrected chi connectivity index (χ3v) is 4.25. The Morgan fingerprint density at radius 1 is 1.24 bits per heavy atom. The van der Waals surface area contributed by atoms with E-state index < -0.39 is 0 Å². The van der Waals surface area contributed by atoms with Crippen molar-refractivity contribution in [1.82, 2.24) is 4.90 Å². The Morgan fingerprint density at radius 2 is 2.00 bits per heavy atom. The highest BCUT2D eigenvalue weighted by atomic mass is 16.5. The largest absolute Gasteiger partial charge is 0.497 e. The average molecular weight is 286 g/mol. The minimum Gasteiger partial charge on any atom is -0.497 e. The van der Waals surface area contributed by atoms with E-state index in [9.17, 15) is 0 Å². The highest BCUT2D eigenvalue weighted by Crippen LogP contribution is 2.31. The molecule has 2 N–H and O–H groups in total. The zero-order valence-electron chi connectivity index (χ0n) is 12.6. The van der Waals surface area contributed by atoms with Crippen LogP contribution in [-0.2, 0) is 4.74 Å². The van der Waals surface area contributed by atoms with E-state index in [0.717, 1.165) is 18.9 Å². The van der Waals surface area contributed by atoms with Crippen molar-refractivity contribution >= 4 is 10.8 Å². The third-order valence-electron chi connectivity index (χ3n) is 4.25. The molecule has 21 heavy (non-hydrogen) atoms. The van der Waals surface area contributed by atoms with E-state index >= 15 is 0 Å². The van der Waals surface area contributed by atoms with Gasteiger partial charge in [-0.05, 0) is 41.6 Å². The number of morpholine rings is 1. The van der Waals surface area contributed by atoms with E-state index in [0.29, 0.717) is 6.54 Å². The number of ether oxygens (including phenoxy) is 2. The predicted molar refractivity (Wildman–Crippen MR) is 84.7 cm³/mol. The molecule has 112 valence electrons. The van der Waals surface area contributed by atoms with E-state index in [1.54, 1.807) is 7.11 Å². The van der Waals surface area contributed by atoms with Crippen LogP contribution < -0.4 is 10.5 Å². The Balaban J connectivity index is 1.99. The van der Waals surface area contributed by atoms with Gasteiger partial charge in [0.25, 0.3) is 0 Å². The number of benzene rings is 2. The first-order valence-corrected chi connectivity index (χ1v) is 7.32. The van der Waals surface area contributed by atoms with Crippen LogP contribution in [0.1, 0.15) is 11.6 Å². The second kappa shape index (κ2) is 6.02. The van der Waals surface area contributed by atoms with E-state index in [1.807, 2.05) is 6.07 Å². The van der Waals surface area contributed by atoms with Gasteiger partial charge in [-0.25, -0.2) is 0 Å². The van der Waals surface area contributed by atoms with Crippen LogP contribution in [0.25, 0.3) is 10.8 Å². The fourth-order valence-electron chi connectivity index (χ4n) is 3.08. The summed E-state index contributed by atoms with van der Waals surface area (Å²) in [6.07, 6.45) is 0.0550. The summed E-state index contributed by atoms with van der Waals surface area (Å²) in [5, 5.41) is 2.39. The van der Waals surface area contributed by atoms with Gasteiger partial charge in [0, 0.05) is 13.1 Å². The monoisotopic (exact) mass is 286 g/mol. The smallest absolute Gasteiger partial charge is 0.119 e. The SMILES string of the molecule is COc1ccc2cc(C3C(CN)OCCN3C)ccc2c1. The molecule has 1 heterocycles. The Bertz CT molecular complexity index is 629.